The number of esters is 2. The normalized spacial score (nSPS) is 49.9. The molecule has 38 heavy (non-hydrogen) atoms. The van der Waals surface area contributed by atoms with E-state index in [1.165, 1.54) is 13.0 Å². The van der Waals surface area contributed by atoms with Crippen LogP contribution in [0.3, 0.4) is 0 Å². The average Bonchev–Trinajstić information content (AvgIpc) is 3.53. The van der Waals surface area contributed by atoms with E-state index < -0.39 is 28.6 Å². The van der Waals surface area contributed by atoms with Crippen molar-refractivity contribution in [2.45, 2.75) is 96.7 Å². The fourth-order valence-corrected chi connectivity index (χ4v) is 9.85. The van der Waals surface area contributed by atoms with Crippen LogP contribution < -0.4 is 0 Å². The number of cyclic esters (lactones) is 1. The third kappa shape index (κ3) is 3.23. The lowest BCUT2D eigenvalue weighted by Gasteiger charge is -2.58. The van der Waals surface area contributed by atoms with Gasteiger partial charge in [0.1, 0.15) is 17.8 Å². The van der Waals surface area contributed by atoms with Crippen LogP contribution in [-0.2, 0) is 28.6 Å². The third-order valence-electron chi connectivity index (χ3n) is 11.9. The molecule has 6 aliphatic rings. The predicted molar refractivity (Wildman–Crippen MR) is 135 cm³/mol. The molecule has 1 saturated heterocycles. The summed E-state index contributed by atoms with van der Waals surface area (Å²) in [5.74, 6) is -0.963. The minimum Gasteiger partial charge on any atom is -0.465 e. The summed E-state index contributed by atoms with van der Waals surface area (Å²) < 4.78 is 17.8. The molecule has 8 nitrogen and oxygen atoms in total. The number of epoxide rings is 1. The van der Waals surface area contributed by atoms with Gasteiger partial charge in [0.2, 0.25) is 0 Å². The molecule has 2 N–H and O–H groups in total. The van der Waals surface area contributed by atoms with Crippen LogP contribution in [0.2, 0.25) is 0 Å². The Morgan fingerprint density at radius 2 is 1.95 bits per heavy atom. The maximum Gasteiger partial charge on any atom is 0.333 e. The van der Waals surface area contributed by atoms with Crippen LogP contribution in [0.15, 0.2) is 23.3 Å². The zero-order chi connectivity index (χ0) is 27.4. The van der Waals surface area contributed by atoms with Gasteiger partial charge in [-0.1, -0.05) is 12.5 Å². The summed E-state index contributed by atoms with van der Waals surface area (Å²) in [5, 5.41) is 22.6. The molecular formula is C30H40O8. The monoisotopic (exact) mass is 528 g/mol. The molecule has 208 valence electrons. The van der Waals surface area contributed by atoms with Crippen molar-refractivity contribution in [2.24, 2.45) is 40.4 Å². The van der Waals surface area contributed by atoms with Gasteiger partial charge < -0.3 is 24.4 Å². The molecule has 2 aliphatic heterocycles. The zero-order valence-corrected chi connectivity index (χ0v) is 22.9. The number of ether oxygens (including phenoxy) is 3. The van der Waals surface area contributed by atoms with E-state index in [9.17, 15) is 24.6 Å². The highest BCUT2D eigenvalue weighted by Gasteiger charge is 2.80. The fourth-order valence-electron chi connectivity index (χ4n) is 9.85. The Labute approximate surface area is 223 Å². The van der Waals surface area contributed by atoms with E-state index in [4.69, 9.17) is 14.2 Å². The summed E-state index contributed by atoms with van der Waals surface area (Å²) in [6.45, 7) is 9.35. The van der Waals surface area contributed by atoms with Gasteiger partial charge in [-0.2, -0.15) is 0 Å². The highest BCUT2D eigenvalue weighted by Crippen LogP contribution is 2.73. The molecule has 0 amide bonds. The van der Waals surface area contributed by atoms with Crippen LogP contribution in [0.5, 0.6) is 0 Å². The van der Waals surface area contributed by atoms with Gasteiger partial charge in [0.25, 0.3) is 0 Å². The second-order valence-electron chi connectivity index (χ2n) is 13.2. The van der Waals surface area contributed by atoms with Crippen molar-refractivity contribution in [3.8, 4) is 0 Å². The van der Waals surface area contributed by atoms with E-state index in [1.54, 1.807) is 13.0 Å². The molecule has 0 bridgehead atoms. The number of hydrogen-bond donors (Lipinski definition) is 2. The smallest absolute Gasteiger partial charge is 0.333 e. The predicted octanol–water partition coefficient (Wildman–Crippen LogP) is 2.89. The molecule has 1 spiro atoms. The van der Waals surface area contributed by atoms with Gasteiger partial charge in [-0.05, 0) is 82.3 Å². The third-order valence-corrected chi connectivity index (χ3v) is 11.9. The van der Waals surface area contributed by atoms with Crippen LogP contribution >= 0.6 is 0 Å². The number of carbonyl (C=O) groups is 3. The molecule has 4 aliphatic carbocycles. The summed E-state index contributed by atoms with van der Waals surface area (Å²) in [6, 6.07) is 0. The Kier molecular flexibility index (Phi) is 5.85. The van der Waals surface area contributed by atoms with Crippen LogP contribution in [0.4, 0.5) is 0 Å². The number of fused-ring (bicyclic) bond motifs is 4. The number of allylic oxidation sites excluding steroid dienone is 1. The molecule has 0 unspecified atom stereocenters. The van der Waals surface area contributed by atoms with Crippen molar-refractivity contribution in [1.82, 2.24) is 0 Å². The second-order valence-corrected chi connectivity index (χ2v) is 13.2. The van der Waals surface area contributed by atoms with Crippen LogP contribution in [0.1, 0.15) is 66.7 Å². The highest BCUT2D eigenvalue weighted by atomic mass is 16.6. The summed E-state index contributed by atoms with van der Waals surface area (Å²) >= 11 is 0. The standard InChI is InChI=1S/C30H40O8/c1-14-10-22(37-27(35)15(14)2)16(3)26-21(32)12-20-18-11-25-30(38-25)24(34)7-6-23(33)28(30,5)19(18)8-9-29(20,26)13-36-17(4)31/h6-7,16,18-22,24-26,32,34H,8-13H2,1-5H3/t16-,18-,19+,20+,21-,22-,24+,25-,26+,28+,29-,30-/m1/s1. The first-order chi connectivity index (χ1) is 17.9. The summed E-state index contributed by atoms with van der Waals surface area (Å²) in [7, 11) is 0. The first kappa shape index (κ1) is 26.2. The lowest BCUT2D eigenvalue weighted by Crippen LogP contribution is -2.64. The van der Waals surface area contributed by atoms with Gasteiger partial charge in [-0.25, -0.2) is 4.79 Å². The second kappa shape index (κ2) is 8.48. The van der Waals surface area contributed by atoms with Crippen LogP contribution in [0.25, 0.3) is 0 Å². The lowest BCUT2D eigenvalue weighted by atomic mass is 9.44. The molecule has 8 heteroatoms. The minimum absolute atomic E-state index is 0.00250. The van der Waals surface area contributed by atoms with Gasteiger partial charge in [-0.3, -0.25) is 9.59 Å². The number of carbonyl (C=O) groups excluding carboxylic acids is 3. The number of hydrogen-bond acceptors (Lipinski definition) is 8. The molecule has 4 fully saturated rings. The molecule has 3 saturated carbocycles. The molecule has 0 aromatic carbocycles. The Morgan fingerprint density at radius 1 is 1.21 bits per heavy atom. The average molecular weight is 529 g/mol. The van der Waals surface area contributed by atoms with E-state index in [1.807, 2.05) is 20.8 Å². The molecule has 0 radical (unpaired) electrons. The van der Waals surface area contributed by atoms with Gasteiger partial charge in [0.05, 0.1) is 24.2 Å². The van der Waals surface area contributed by atoms with Gasteiger partial charge in [0.15, 0.2) is 5.78 Å². The quantitative estimate of drug-likeness (QED) is 0.422. The summed E-state index contributed by atoms with van der Waals surface area (Å²) in [4.78, 5) is 38.1. The minimum atomic E-state index is -0.863. The summed E-state index contributed by atoms with van der Waals surface area (Å²) in [6.07, 6.45) is 4.29. The zero-order valence-electron chi connectivity index (χ0n) is 22.9. The first-order valence-corrected chi connectivity index (χ1v) is 14.2. The Morgan fingerprint density at radius 3 is 2.63 bits per heavy atom. The largest absolute Gasteiger partial charge is 0.465 e. The van der Waals surface area contributed by atoms with Crippen LogP contribution in [0, 0.1) is 40.4 Å². The maximum atomic E-state index is 13.5. The van der Waals surface area contributed by atoms with E-state index in [-0.39, 0.29) is 66.1 Å². The van der Waals surface area contributed by atoms with E-state index >= 15 is 0 Å². The Balaban J connectivity index is 1.37. The topological polar surface area (TPSA) is 123 Å². The molecular weight excluding hydrogens is 488 g/mol. The first-order valence-electron chi connectivity index (χ1n) is 14.2. The summed E-state index contributed by atoms with van der Waals surface area (Å²) in [5.41, 5.74) is -0.554. The number of rotatable bonds is 4. The highest BCUT2D eigenvalue weighted by molar-refractivity contribution is 5.98. The maximum absolute atomic E-state index is 13.5. The molecule has 0 aromatic rings. The van der Waals surface area contributed by atoms with Crippen molar-refractivity contribution >= 4 is 17.7 Å². The van der Waals surface area contributed by atoms with E-state index in [2.05, 4.69) is 0 Å². The SMILES string of the molecule is CC(=O)OC[C@]12CC[C@H]3[C@@H](C[C@H]4O[C@]45[C@@H](O)C=CC(=O)[C@]35C)[C@@H]1C[C@@H](O)[C@@H]2[C@H](C)[C@H]1CC(C)=C(C)C(=O)O1. The van der Waals surface area contributed by atoms with Crippen molar-refractivity contribution in [2.75, 3.05) is 6.61 Å². The molecule has 2 heterocycles. The number of aliphatic hydroxyl groups is 2. The van der Waals surface area contributed by atoms with Crippen molar-refractivity contribution < 1.29 is 38.8 Å². The molecule has 6 rings (SSSR count). The molecule has 0 aromatic heterocycles. The Bertz CT molecular complexity index is 1140. The van der Waals surface area contributed by atoms with E-state index in [0.717, 1.165) is 5.57 Å². The van der Waals surface area contributed by atoms with Crippen molar-refractivity contribution in [3.63, 3.8) is 0 Å². The fraction of sp³-hybridized carbons (Fsp3) is 0.767. The number of ketones is 1. The Hall–Kier alpha value is -2.03. The van der Waals surface area contributed by atoms with E-state index in [0.29, 0.717) is 37.7 Å². The van der Waals surface area contributed by atoms with Gasteiger partial charge in [0, 0.05) is 30.3 Å². The molecule has 12 atom stereocenters. The van der Waals surface area contributed by atoms with Crippen molar-refractivity contribution in [3.05, 3.63) is 23.3 Å². The number of aliphatic hydroxyl groups excluding tert-OH is 2. The van der Waals surface area contributed by atoms with Crippen LogP contribution in [-0.4, -0.2) is 64.6 Å². The van der Waals surface area contributed by atoms with Gasteiger partial charge in [-0.15, -0.1) is 0 Å². The lowest BCUT2D eigenvalue weighted by molar-refractivity contribution is -0.169. The van der Waals surface area contributed by atoms with Crippen molar-refractivity contribution in [1.29, 1.82) is 0 Å². The van der Waals surface area contributed by atoms with Gasteiger partial charge >= 0.3 is 11.9 Å².